The molecule has 0 aromatic heterocycles. The minimum Gasteiger partial charge on any atom is -0.171 e. The maximum atomic E-state index is 11.9. The Bertz CT molecular complexity index is 156. The van der Waals surface area contributed by atoms with Gasteiger partial charge in [-0.3, -0.25) is 0 Å². The Kier molecular flexibility index (Phi) is 5.84. The molecule has 0 saturated heterocycles. The summed E-state index contributed by atoms with van der Waals surface area (Å²) in [6.45, 7) is 3.93. The minimum absolute atomic E-state index is 0.172. The van der Waals surface area contributed by atoms with Gasteiger partial charge in [0, 0.05) is 6.42 Å². The predicted octanol–water partition coefficient (Wildman–Crippen LogP) is 4.47. The highest BCUT2D eigenvalue weighted by Gasteiger charge is 2.26. The van der Waals surface area contributed by atoms with Crippen molar-refractivity contribution in [3.8, 4) is 0 Å². The molecule has 0 aliphatic rings. The normalized spacial score (nSPS) is 13.5. The molecule has 0 atom stereocenters. The van der Waals surface area contributed by atoms with Gasteiger partial charge in [0.25, 0.3) is 0 Å². The van der Waals surface area contributed by atoms with E-state index in [-0.39, 0.29) is 6.42 Å². The second-order valence-corrected chi connectivity index (χ2v) is 3.14. The average molecular weight is 194 g/mol. The van der Waals surface area contributed by atoms with E-state index in [0.717, 1.165) is 24.8 Å². The SMILES string of the molecule is CC/C=C(/CCC)CCC(F)(F)F. The fourth-order valence-electron chi connectivity index (χ4n) is 1.24. The van der Waals surface area contributed by atoms with Crippen LogP contribution in [0.2, 0.25) is 0 Å². The largest absolute Gasteiger partial charge is 0.389 e. The molecule has 0 aromatic rings. The lowest BCUT2D eigenvalue weighted by atomic mass is 10.0. The van der Waals surface area contributed by atoms with Gasteiger partial charge >= 0.3 is 6.18 Å². The van der Waals surface area contributed by atoms with E-state index in [0.29, 0.717) is 0 Å². The molecule has 13 heavy (non-hydrogen) atoms. The molecule has 78 valence electrons. The molecule has 0 aliphatic carbocycles. The quantitative estimate of drug-likeness (QED) is 0.566. The van der Waals surface area contributed by atoms with E-state index in [1.165, 1.54) is 0 Å². The average Bonchev–Trinajstić information content (AvgIpc) is 2.00. The van der Waals surface area contributed by atoms with E-state index in [1.54, 1.807) is 0 Å². The summed E-state index contributed by atoms with van der Waals surface area (Å²) in [5.74, 6) is 0. The third-order valence-corrected chi connectivity index (χ3v) is 1.79. The first-order valence-corrected chi connectivity index (χ1v) is 4.74. The summed E-state index contributed by atoms with van der Waals surface area (Å²) in [7, 11) is 0. The molecular formula is C10H17F3. The summed E-state index contributed by atoms with van der Waals surface area (Å²) < 4.78 is 35.6. The van der Waals surface area contributed by atoms with E-state index in [4.69, 9.17) is 0 Å². The number of alkyl halides is 3. The van der Waals surface area contributed by atoms with Crippen molar-refractivity contribution in [2.24, 2.45) is 0 Å². The van der Waals surface area contributed by atoms with Crippen molar-refractivity contribution in [2.45, 2.75) is 52.1 Å². The van der Waals surface area contributed by atoms with Crippen molar-refractivity contribution < 1.29 is 13.2 Å². The molecule has 0 rings (SSSR count). The summed E-state index contributed by atoms with van der Waals surface area (Å²) >= 11 is 0. The summed E-state index contributed by atoms with van der Waals surface area (Å²) in [4.78, 5) is 0. The minimum atomic E-state index is -4.01. The van der Waals surface area contributed by atoms with Crippen LogP contribution in [0.25, 0.3) is 0 Å². The third-order valence-electron chi connectivity index (χ3n) is 1.79. The summed E-state index contributed by atoms with van der Waals surface area (Å²) in [5.41, 5.74) is 0.947. The number of halogens is 3. The van der Waals surface area contributed by atoms with Crippen LogP contribution in [0.15, 0.2) is 11.6 Å². The lowest BCUT2D eigenvalue weighted by Gasteiger charge is -2.08. The van der Waals surface area contributed by atoms with Gasteiger partial charge in [-0.25, -0.2) is 0 Å². The van der Waals surface area contributed by atoms with E-state index >= 15 is 0 Å². The topological polar surface area (TPSA) is 0 Å². The van der Waals surface area contributed by atoms with Gasteiger partial charge in [-0.15, -0.1) is 0 Å². The Hall–Kier alpha value is -0.470. The van der Waals surface area contributed by atoms with Gasteiger partial charge in [0.05, 0.1) is 0 Å². The van der Waals surface area contributed by atoms with Gasteiger partial charge in [0.1, 0.15) is 0 Å². The van der Waals surface area contributed by atoms with Gasteiger partial charge in [-0.05, 0) is 19.3 Å². The Morgan fingerprint density at radius 3 is 2.15 bits per heavy atom. The first kappa shape index (κ1) is 12.5. The Morgan fingerprint density at radius 1 is 1.15 bits per heavy atom. The fourth-order valence-corrected chi connectivity index (χ4v) is 1.24. The predicted molar refractivity (Wildman–Crippen MR) is 48.6 cm³/mol. The highest BCUT2D eigenvalue weighted by molar-refractivity contribution is 5.01. The number of allylic oxidation sites excluding steroid dienone is 2. The molecule has 0 fully saturated rings. The zero-order valence-electron chi connectivity index (χ0n) is 8.25. The van der Waals surface area contributed by atoms with Gasteiger partial charge in [-0.1, -0.05) is 31.9 Å². The molecule has 0 heterocycles. The molecule has 0 spiro atoms. The number of hydrogen-bond acceptors (Lipinski definition) is 0. The molecule has 0 aliphatic heterocycles. The van der Waals surface area contributed by atoms with Crippen molar-refractivity contribution in [1.82, 2.24) is 0 Å². The molecule has 0 saturated carbocycles. The second kappa shape index (κ2) is 6.06. The highest BCUT2D eigenvalue weighted by Crippen LogP contribution is 2.25. The molecule has 0 nitrogen and oxygen atoms in total. The monoisotopic (exact) mass is 194 g/mol. The van der Waals surface area contributed by atoms with E-state index < -0.39 is 12.6 Å². The summed E-state index contributed by atoms with van der Waals surface area (Å²) in [5, 5.41) is 0. The van der Waals surface area contributed by atoms with Crippen LogP contribution in [-0.4, -0.2) is 6.18 Å². The second-order valence-electron chi connectivity index (χ2n) is 3.14. The third kappa shape index (κ3) is 7.88. The van der Waals surface area contributed by atoms with Crippen molar-refractivity contribution in [1.29, 1.82) is 0 Å². The van der Waals surface area contributed by atoms with E-state index in [2.05, 4.69) is 0 Å². The van der Waals surface area contributed by atoms with Crippen LogP contribution in [0, 0.1) is 0 Å². The van der Waals surface area contributed by atoms with E-state index in [1.807, 2.05) is 19.9 Å². The molecular weight excluding hydrogens is 177 g/mol. The van der Waals surface area contributed by atoms with Crippen LogP contribution in [-0.2, 0) is 0 Å². The lowest BCUT2D eigenvalue weighted by Crippen LogP contribution is -2.07. The Morgan fingerprint density at radius 2 is 1.77 bits per heavy atom. The summed E-state index contributed by atoms with van der Waals surface area (Å²) in [6.07, 6.45) is -0.0688. The fraction of sp³-hybridized carbons (Fsp3) is 0.800. The number of hydrogen-bond donors (Lipinski definition) is 0. The van der Waals surface area contributed by atoms with Crippen LogP contribution >= 0.6 is 0 Å². The first-order valence-electron chi connectivity index (χ1n) is 4.74. The van der Waals surface area contributed by atoms with Crippen LogP contribution in [0.3, 0.4) is 0 Å². The zero-order valence-corrected chi connectivity index (χ0v) is 8.25. The van der Waals surface area contributed by atoms with Gasteiger partial charge in [0.2, 0.25) is 0 Å². The van der Waals surface area contributed by atoms with E-state index in [9.17, 15) is 13.2 Å². The van der Waals surface area contributed by atoms with Crippen LogP contribution < -0.4 is 0 Å². The molecule has 0 radical (unpaired) electrons. The van der Waals surface area contributed by atoms with Crippen LogP contribution in [0.4, 0.5) is 13.2 Å². The van der Waals surface area contributed by atoms with Crippen LogP contribution in [0.5, 0.6) is 0 Å². The summed E-state index contributed by atoms with van der Waals surface area (Å²) in [6, 6.07) is 0. The standard InChI is InChI=1S/C10H17F3/c1-3-5-9(6-4-2)7-8-10(11,12)13/h5H,3-4,6-8H2,1-2H3/b9-5-. The lowest BCUT2D eigenvalue weighted by molar-refractivity contribution is -0.134. The van der Waals surface area contributed by atoms with Gasteiger partial charge in [0.15, 0.2) is 0 Å². The number of rotatable bonds is 5. The van der Waals surface area contributed by atoms with Crippen molar-refractivity contribution >= 4 is 0 Å². The van der Waals surface area contributed by atoms with Crippen molar-refractivity contribution in [2.75, 3.05) is 0 Å². The Labute approximate surface area is 77.8 Å². The molecule has 0 aromatic carbocycles. The molecule has 0 unspecified atom stereocenters. The molecule has 0 bridgehead atoms. The van der Waals surface area contributed by atoms with Crippen molar-refractivity contribution in [3.05, 3.63) is 11.6 Å². The zero-order chi connectivity index (χ0) is 10.3. The molecule has 0 amide bonds. The van der Waals surface area contributed by atoms with Crippen molar-refractivity contribution in [3.63, 3.8) is 0 Å². The van der Waals surface area contributed by atoms with Crippen LogP contribution in [0.1, 0.15) is 46.0 Å². The van der Waals surface area contributed by atoms with Gasteiger partial charge in [-0.2, -0.15) is 13.2 Å². The Balaban J connectivity index is 3.90. The molecule has 3 heteroatoms. The molecule has 0 N–H and O–H groups in total. The maximum absolute atomic E-state index is 11.9. The highest BCUT2D eigenvalue weighted by atomic mass is 19.4. The maximum Gasteiger partial charge on any atom is 0.389 e. The first-order chi connectivity index (χ1) is 5.99. The smallest absolute Gasteiger partial charge is 0.171 e. The van der Waals surface area contributed by atoms with Gasteiger partial charge < -0.3 is 0 Å².